The zero-order chi connectivity index (χ0) is 11.6. The number of amides is 2. The largest absolute Gasteiger partial charge is 0.350 e. The summed E-state index contributed by atoms with van der Waals surface area (Å²) in [6.45, 7) is 1.57. The van der Waals surface area contributed by atoms with E-state index in [2.05, 4.69) is 15.9 Å². The Morgan fingerprint density at radius 3 is 2.73 bits per heavy atom. The summed E-state index contributed by atoms with van der Waals surface area (Å²) in [5, 5.41) is 9.65. The molecule has 3 N–H and O–H groups in total. The maximum absolute atomic E-state index is 12.9. The van der Waals surface area contributed by atoms with Gasteiger partial charge in [-0.15, -0.1) is 0 Å². The van der Waals surface area contributed by atoms with Crippen LogP contribution in [0.3, 0.4) is 0 Å². The first-order chi connectivity index (χ1) is 6.93. The fraction of sp³-hybridized carbons (Fsp3) is 0.222. The van der Waals surface area contributed by atoms with Crippen LogP contribution < -0.4 is 5.73 Å². The first kappa shape index (κ1) is 11.9. The predicted molar refractivity (Wildman–Crippen MR) is 55.7 cm³/mol. The summed E-state index contributed by atoms with van der Waals surface area (Å²) >= 11 is 3.01. The highest BCUT2D eigenvalue weighted by Crippen LogP contribution is 2.23. The molecule has 0 heterocycles. The zero-order valence-electron chi connectivity index (χ0n) is 7.95. The minimum atomic E-state index is -0.956. The second-order valence-corrected chi connectivity index (χ2v) is 3.89. The number of nitrogens with two attached hydrogens (primary N) is 1. The molecule has 82 valence electrons. The van der Waals surface area contributed by atoms with Crippen LogP contribution in [-0.2, 0) is 0 Å². The molecule has 0 saturated heterocycles. The van der Waals surface area contributed by atoms with Gasteiger partial charge in [0, 0.05) is 0 Å². The summed E-state index contributed by atoms with van der Waals surface area (Å²) in [6.07, 6.45) is 0. The van der Waals surface area contributed by atoms with E-state index < -0.39 is 17.9 Å². The molecule has 0 bridgehead atoms. The molecule has 0 aliphatic carbocycles. The van der Waals surface area contributed by atoms with E-state index in [0.29, 0.717) is 10.6 Å². The smallest absolute Gasteiger partial charge is 0.339 e. The lowest BCUT2D eigenvalue weighted by atomic mass is 10.1. The fourth-order valence-corrected chi connectivity index (χ4v) is 1.50. The minimum absolute atomic E-state index is 0.268. The maximum Gasteiger partial charge on any atom is 0.339 e. The second-order valence-electron chi connectivity index (χ2n) is 3.03. The number of urea groups is 1. The second kappa shape index (κ2) is 4.59. The van der Waals surface area contributed by atoms with Gasteiger partial charge in [0.15, 0.2) is 0 Å². The predicted octanol–water partition coefficient (Wildman–Crippen LogP) is 2.42. The fourth-order valence-electron chi connectivity index (χ4n) is 1.10. The Labute approximate surface area is 94.6 Å². The first-order valence-corrected chi connectivity index (χ1v) is 4.95. The van der Waals surface area contributed by atoms with E-state index in [1.165, 1.54) is 18.2 Å². The van der Waals surface area contributed by atoms with E-state index in [1.54, 1.807) is 6.92 Å². The Morgan fingerprint density at radius 1 is 1.67 bits per heavy atom. The van der Waals surface area contributed by atoms with Gasteiger partial charge in [-0.1, -0.05) is 6.07 Å². The van der Waals surface area contributed by atoms with Gasteiger partial charge >= 0.3 is 6.03 Å². The lowest BCUT2D eigenvalue weighted by Gasteiger charge is -2.20. The Bertz CT molecular complexity index is 386. The number of benzene rings is 1. The third-order valence-electron chi connectivity index (χ3n) is 2.02. The molecule has 1 atom stereocenters. The Balaban J connectivity index is 2.96. The summed E-state index contributed by atoms with van der Waals surface area (Å²) in [5.74, 6) is -0.408. The highest BCUT2D eigenvalue weighted by molar-refractivity contribution is 9.10. The molecule has 0 aliphatic heterocycles. The standard InChI is InChI=1S/C9H10BrFN2O2/c1-5(13(15)9(12)14)6-2-3-8(11)7(10)4-6/h2-5,15H,1H3,(H2,12,14). The van der Waals surface area contributed by atoms with E-state index in [-0.39, 0.29) is 4.47 Å². The van der Waals surface area contributed by atoms with Crippen LogP contribution in [0.5, 0.6) is 0 Å². The van der Waals surface area contributed by atoms with Gasteiger partial charge in [0.05, 0.1) is 10.5 Å². The van der Waals surface area contributed by atoms with Gasteiger partial charge in [0.1, 0.15) is 5.82 Å². The number of primary amides is 1. The zero-order valence-corrected chi connectivity index (χ0v) is 9.53. The number of rotatable bonds is 2. The van der Waals surface area contributed by atoms with Crippen molar-refractivity contribution in [2.45, 2.75) is 13.0 Å². The van der Waals surface area contributed by atoms with Crippen LogP contribution in [0.1, 0.15) is 18.5 Å². The van der Waals surface area contributed by atoms with Crippen molar-refractivity contribution >= 4 is 22.0 Å². The molecule has 0 aromatic heterocycles. The number of carbonyl (C=O) groups excluding carboxylic acids is 1. The van der Waals surface area contributed by atoms with E-state index in [4.69, 9.17) is 5.73 Å². The molecule has 1 unspecified atom stereocenters. The summed E-state index contributed by atoms with van der Waals surface area (Å²) in [6, 6.07) is 2.61. The third-order valence-corrected chi connectivity index (χ3v) is 2.63. The number of hydrogen-bond donors (Lipinski definition) is 2. The summed E-state index contributed by atoms with van der Waals surface area (Å²) < 4.78 is 13.2. The summed E-state index contributed by atoms with van der Waals surface area (Å²) in [7, 11) is 0. The van der Waals surface area contributed by atoms with Gasteiger partial charge in [-0.3, -0.25) is 5.21 Å². The third kappa shape index (κ3) is 2.66. The van der Waals surface area contributed by atoms with Gasteiger partial charge < -0.3 is 5.73 Å². The van der Waals surface area contributed by atoms with E-state index in [9.17, 15) is 14.4 Å². The molecule has 0 spiro atoms. The molecule has 1 aromatic rings. The van der Waals surface area contributed by atoms with Gasteiger partial charge in [0.25, 0.3) is 0 Å². The highest BCUT2D eigenvalue weighted by Gasteiger charge is 2.17. The Kier molecular flexibility index (Phi) is 3.65. The molecular weight excluding hydrogens is 267 g/mol. The molecule has 0 saturated carbocycles. The van der Waals surface area contributed by atoms with Crippen LogP contribution in [-0.4, -0.2) is 16.3 Å². The molecule has 1 aromatic carbocycles. The van der Waals surface area contributed by atoms with Crippen LogP contribution in [0.15, 0.2) is 22.7 Å². The number of hydroxylamine groups is 2. The maximum atomic E-state index is 12.9. The highest BCUT2D eigenvalue weighted by atomic mass is 79.9. The van der Waals surface area contributed by atoms with Crippen molar-refractivity contribution in [1.82, 2.24) is 5.06 Å². The van der Waals surface area contributed by atoms with Gasteiger partial charge in [-0.25, -0.2) is 9.18 Å². The van der Waals surface area contributed by atoms with Crippen molar-refractivity contribution in [3.05, 3.63) is 34.1 Å². The van der Waals surface area contributed by atoms with Gasteiger partial charge in [-0.05, 0) is 40.5 Å². The van der Waals surface area contributed by atoms with Crippen molar-refractivity contribution in [1.29, 1.82) is 0 Å². The first-order valence-electron chi connectivity index (χ1n) is 4.16. The average molecular weight is 277 g/mol. The quantitative estimate of drug-likeness (QED) is 0.644. The SMILES string of the molecule is CC(c1ccc(F)c(Br)c1)N(O)C(N)=O. The summed E-state index contributed by atoms with van der Waals surface area (Å²) in [5.41, 5.74) is 5.47. The topological polar surface area (TPSA) is 66.6 Å². The number of hydrogen-bond acceptors (Lipinski definition) is 2. The molecular formula is C9H10BrFN2O2. The molecule has 6 heteroatoms. The van der Waals surface area contributed by atoms with Crippen molar-refractivity contribution in [2.24, 2.45) is 5.73 Å². The van der Waals surface area contributed by atoms with Crippen molar-refractivity contribution in [3.63, 3.8) is 0 Å². The number of carbonyl (C=O) groups is 1. The normalized spacial score (nSPS) is 12.3. The van der Waals surface area contributed by atoms with E-state index in [0.717, 1.165) is 0 Å². The molecule has 4 nitrogen and oxygen atoms in total. The van der Waals surface area contributed by atoms with Crippen LogP contribution >= 0.6 is 15.9 Å². The van der Waals surface area contributed by atoms with Crippen molar-refractivity contribution in [2.75, 3.05) is 0 Å². The Hall–Kier alpha value is -1.14. The van der Waals surface area contributed by atoms with Crippen LogP contribution in [0.2, 0.25) is 0 Å². The molecule has 15 heavy (non-hydrogen) atoms. The van der Waals surface area contributed by atoms with Crippen molar-refractivity contribution < 1.29 is 14.4 Å². The summed E-state index contributed by atoms with van der Waals surface area (Å²) in [4.78, 5) is 10.7. The Morgan fingerprint density at radius 2 is 2.27 bits per heavy atom. The van der Waals surface area contributed by atoms with Crippen LogP contribution in [0, 0.1) is 5.82 Å². The number of halogens is 2. The monoisotopic (exact) mass is 276 g/mol. The van der Waals surface area contributed by atoms with Gasteiger partial charge in [0.2, 0.25) is 0 Å². The minimum Gasteiger partial charge on any atom is -0.350 e. The lowest BCUT2D eigenvalue weighted by molar-refractivity contribution is -0.0710. The molecule has 2 amide bonds. The van der Waals surface area contributed by atoms with Gasteiger partial charge in [-0.2, -0.15) is 5.06 Å². The van der Waals surface area contributed by atoms with E-state index in [1.807, 2.05) is 0 Å². The average Bonchev–Trinajstić information content (AvgIpc) is 2.19. The van der Waals surface area contributed by atoms with E-state index >= 15 is 0 Å². The lowest BCUT2D eigenvalue weighted by Crippen LogP contribution is -2.34. The molecule has 0 fully saturated rings. The van der Waals surface area contributed by atoms with Crippen LogP contribution in [0.25, 0.3) is 0 Å². The van der Waals surface area contributed by atoms with Crippen LogP contribution in [0.4, 0.5) is 9.18 Å². The molecule has 0 aliphatic rings. The molecule has 0 radical (unpaired) electrons. The molecule has 1 rings (SSSR count). The number of nitrogens with zero attached hydrogens (tertiary/aromatic N) is 1. The van der Waals surface area contributed by atoms with Crippen molar-refractivity contribution in [3.8, 4) is 0 Å².